The summed E-state index contributed by atoms with van der Waals surface area (Å²) in [6.07, 6.45) is -1.41. The number of halogens is 3. The number of carbonyl (C=O) groups is 1. The monoisotopic (exact) mass is 459 g/mol. The van der Waals surface area contributed by atoms with Crippen molar-refractivity contribution in [1.29, 1.82) is 0 Å². The molecule has 4 rings (SSSR count). The van der Waals surface area contributed by atoms with Gasteiger partial charge >= 0.3 is 12.2 Å². The van der Waals surface area contributed by atoms with E-state index in [9.17, 15) is 18.0 Å². The molecule has 2 aromatic carbocycles. The van der Waals surface area contributed by atoms with Gasteiger partial charge < -0.3 is 10.2 Å². The highest BCUT2D eigenvalue weighted by Gasteiger charge is 2.40. The molecule has 2 aliphatic heterocycles. The normalized spacial score (nSPS) is 18.1. The average molecular weight is 460 g/mol. The van der Waals surface area contributed by atoms with E-state index in [2.05, 4.69) is 55.8 Å². The molecule has 0 aliphatic carbocycles. The summed E-state index contributed by atoms with van der Waals surface area (Å²) in [5.74, 6) is 0. The molecule has 0 atom stereocenters. The van der Waals surface area contributed by atoms with Gasteiger partial charge in [-0.3, -0.25) is 10.3 Å². The Bertz CT molecular complexity index is 1050. The Labute approximate surface area is 191 Å². The first-order valence-corrected chi connectivity index (χ1v) is 11.0. The van der Waals surface area contributed by atoms with Crippen LogP contribution >= 0.6 is 0 Å². The molecule has 0 bridgehead atoms. The Morgan fingerprint density at radius 2 is 1.67 bits per heavy atom. The molecular weight excluding hydrogens is 431 g/mol. The highest BCUT2D eigenvalue weighted by molar-refractivity contribution is 5.90. The van der Waals surface area contributed by atoms with Gasteiger partial charge in [-0.15, -0.1) is 0 Å². The third-order valence-electron chi connectivity index (χ3n) is 6.20. The van der Waals surface area contributed by atoms with Crippen LogP contribution in [0.1, 0.15) is 50.3 Å². The average Bonchev–Trinajstić information content (AvgIpc) is 3.17. The van der Waals surface area contributed by atoms with E-state index in [4.69, 9.17) is 4.84 Å². The van der Waals surface area contributed by atoms with Gasteiger partial charge in [0, 0.05) is 25.9 Å². The molecule has 2 aromatic rings. The zero-order chi connectivity index (χ0) is 23.9. The minimum atomic E-state index is -4.54. The number of nitrogens with one attached hydrogen (secondary N) is 2. The van der Waals surface area contributed by atoms with Crippen LogP contribution in [-0.2, 0) is 16.4 Å². The first-order valence-electron chi connectivity index (χ1n) is 11.0. The highest BCUT2D eigenvalue weighted by atomic mass is 19.4. The molecule has 2 N–H and O–H groups in total. The summed E-state index contributed by atoms with van der Waals surface area (Å²) in [4.78, 5) is 20.1. The van der Waals surface area contributed by atoms with E-state index in [1.165, 1.54) is 28.7 Å². The molecule has 1 fully saturated rings. The molecule has 8 heteroatoms. The molecule has 2 heterocycles. The zero-order valence-corrected chi connectivity index (χ0v) is 18.9. The smallest absolute Gasteiger partial charge is 0.324 e. The molecule has 5 nitrogen and oxygen atoms in total. The van der Waals surface area contributed by atoms with E-state index >= 15 is 0 Å². The number of hydroxylamine groups is 1. The van der Waals surface area contributed by atoms with E-state index < -0.39 is 23.4 Å². The van der Waals surface area contributed by atoms with Crippen molar-refractivity contribution in [1.82, 2.24) is 10.4 Å². The predicted octanol–water partition coefficient (Wildman–Crippen LogP) is 5.95. The molecule has 0 radical (unpaired) electrons. The SMILES string of the molecule is CC(C)(C)c1ccc(C2=CC3(CCN(C(=O)Nc4ccccc4C(F)(F)F)CC3)ON2)cc1. The fourth-order valence-corrected chi connectivity index (χ4v) is 4.14. The number of urea groups is 1. The van der Waals surface area contributed by atoms with Gasteiger partial charge in [-0.25, -0.2) is 4.79 Å². The van der Waals surface area contributed by atoms with E-state index in [0.29, 0.717) is 25.9 Å². The van der Waals surface area contributed by atoms with Crippen molar-refractivity contribution in [3.05, 3.63) is 71.3 Å². The molecule has 0 unspecified atom stereocenters. The largest absolute Gasteiger partial charge is 0.418 e. The minimum absolute atomic E-state index is 0.0712. The Morgan fingerprint density at radius 1 is 1.03 bits per heavy atom. The van der Waals surface area contributed by atoms with Gasteiger partial charge in [-0.2, -0.15) is 13.2 Å². The Kier molecular flexibility index (Phi) is 5.90. The fraction of sp³-hybridized carbons (Fsp3) is 0.400. The molecule has 1 saturated heterocycles. The van der Waals surface area contributed by atoms with Crippen molar-refractivity contribution >= 4 is 17.4 Å². The molecule has 33 heavy (non-hydrogen) atoms. The van der Waals surface area contributed by atoms with Crippen molar-refractivity contribution in [2.24, 2.45) is 0 Å². The number of para-hydroxylation sites is 1. The summed E-state index contributed by atoms with van der Waals surface area (Å²) in [5.41, 5.74) is 4.58. The van der Waals surface area contributed by atoms with E-state index in [0.717, 1.165) is 17.3 Å². The number of likely N-dealkylation sites (tertiary alicyclic amines) is 1. The number of carbonyl (C=O) groups excluding carboxylic acids is 1. The van der Waals surface area contributed by atoms with Crippen LogP contribution in [0.25, 0.3) is 5.70 Å². The summed E-state index contributed by atoms with van der Waals surface area (Å²) < 4.78 is 39.6. The Hall–Kier alpha value is -3.00. The maximum absolute atomic E-state index is 13.2. The number of piperidine rings is 1. The third kappa shape index (κ3) is 5.00. The second kappa shape index (κ2) is 8.41. The van der Waals surface area contributed by atoms with Crippen LogP contribution in [0.4, 0.5) is 23.7 Å². The van der Waals surface area contributed by atoms with Crippen LogP contribution in [0.2, 0.25) is 0 Å². The number of anilines is 1. The van der Waals surface area contributed by atoms with Crippen molar-refractivity contribution in [2.45, 2.75) is 50.8 Å². The van der Waals surface area contributed by atoms with Crippen LogP contribution in [0.15, 0.2) is 54.6 Å². The number of hydrogen-bond acceptors (Lipinski definition) is 3. The van der Waals surface area contributed by atoms with Gasteiger partial charge in [-0.05, 0) is 34.8 Å². The summed E-state index contributed by atoms with van der Waals surface area (Å²) in [5, 5.41) is 2.41. The number of benzene rings is 2. The van der Waals surface area contributed by atoms with Gasteiger partial charge in [0.25, 0.3) is 0 Å². The Morgan fingerprint density at radius 3 is 2.27 bits per heavy atom. The van der Waals surface area contributed by atoms with Crippen LogP contribution in [0, 0.1) is 0 Å². The maximum atomic E-state index is 13.2. The highest BCUT2D eigenvalue weighted by Crippen LogP contribution is 2.37. The molecule has 2 amide bonds. The second-order valence-electron chi connectivity index (χ2n) is 9.61. The van der Waals surface area contributed by atoms with Crippen molar-refractivity contribution < 1.29 is 22.8 Å². The van der Waals surface area contributed by atoms with Crippen LogP contribution < -0.4 is 10.8 Å². The summed E-state index contributed by atoms with van der Waals surface area (Å²) in [7, 11) is 0. The number of nitrogens with zero attached hydrogens (tertiary/aromatic N) is 1. The molecule has 0 aromatic heterocycles. The quantitative estimate of drug-likeness (QED) is 0.584. The van der Waals surface area contributed by atoms with Crippen molar-refractivity contribution in [2.75, 3.05) is 18.4 Å². The standard InChI is InChI=1S/C25H28F3N3O2/c1-23(2,3)18-10-8-17(9-11-18)21-16-24(33-30-21)12-14-31(15-13-24)22(32)29-20-7-5-4-6-19(20)25(26,27)28/h4-11,16,30H,12-15H2,1-3H3,(H,29,32). The molecular formula is C25H28F3N3O2. The van der Waals surface area contributed by atoms with Gasteiger partial charge in [-0.1, -0.05) is 57.2 Å². The van der Waals surface area contributed by atoms with Crippen molar-refractivity contribution in [3.63, 3.8) is 0 Å². The predicted molar refractivity (Wildman–Crippen MR) is 121 cm³/mol. The maximum Gasteiger partial charge on any atom is 0.418 e. The third-order valence-corrected chi connectivity index (χ3v) is 6.20. The minimum Gasteiger partial charge on any atom is -0.324 e. The van der Waals surface area contributed by atoms with Crippen LogP contribution in [-0.4, -0.2) is 29.6 Å². The fourth-order valence-electron chi connectivity index (χ4n) is 4.14. The molecule has 0 saturated carbocycles. The number of hydrogen-bond donors (Lipinski definition) is 2. The van der Waals surface area contributed by atoms with Gasteiger partial charge in [0.1, 0.15) is 5.60 Å². The lowest BCUT2D eigenvalue weighted by Gasteiger charge is -2.36. The summed E-state index contributed by atoms with van der Waals surface area (Å²) in [6.45, 7) is 7.24. The first-order chi connectivity index (χ1) is 15.5. The number of amides is 2. The first kappa shape index (κ1) is 23.2. The van der Waals surface area contributed by atoms with Gasteiger partial charge in [0.05, 0.1) is 16.9 Å². The molecule has 1 spiro atoms. The number of alkyl halides is 3. The topological polar surface area (TPSA) is 53.6 Å². The Balaban J connectivity index is 1.40. The number of rotatable bonds is 2. The second-order valence-corrected chi connectivity index (χ2v) is 9.61. The van der Waals surface area contributed by atoms with Gasteiger partial charge in [0.15, 0.2) is 0 Å². The van der Waals surface area contributed by atoms with Crippen LogP contribution in [0.5, 0.6) is 0 Å². The van der Waals surface area contributed by atoms with Gasteiger partial charge in [0.2, 0.25) is 0 Å². The van der Waals surface area contributed by atoms with E-state index in [1.807, 2.05) is 6.08 Å². The summed E-state index contributed by atoms with van der Waals surface area (Å²) in [6, 6.07) is 12.8. The zero-order valence-electron chi connectivity index (χ0n) is 18.9. The lowest BCUT2D eigenvalue weighted by atomic mass is 9.86. The molecule has 176 valence electrons. The lowest BCUT2D eigenvalue weighted by molar-refractivity contribution is -0.136. The summed E-state index contributed by atoms with van der Waals surface area (Å²) >= 11 is 0. The molecule has 2 aliphatic rings. The van der Waals surface area contributed by atoms with Crippen molar-refractivity contribution in [3.8, 4) is 0 Å². The van der Waals surface area contributed by atoms with E-state index in [-0.39, 0.29) is 11.1 Å². The van der Waals surface area contributed by atoms with Crippen LogP contribution in [0.3, 0.4) is 0 Å². The van der Waals surface area contributed by atoms with E-state index in [1.54, 1.807) is 0 Å². The lowest BCUT2D eigenvalue weighted by Crippen LogP contribution is -2.48.